The molecule has 0 aliphatic rings. The fourth-order valence-corrected chi connectivity index (χ4v) is 1.56. The van der Waals surface area contributed by atoms with Crippen molar-refractivity contribution in [1.82, 2.24) is 5.32 Å². The molecule has 0 fully saturated rings. The van der Waals surface area contributed by atoms with E-state index in [1.165, 1.54) is 0 Å². The Bertz CT molecular complexity index is 537. The minimum Gasteiger partial charge on any atom is -0.479 e. The molecular weight excluding hydrogens is 244 g/mol. The highest BCUT2D eigenvalue weighted by atomic mass is 16.5. The third kappa shape index (κ3) is 3.51. The number of furan rings is 1. The maximum atomic E-state index is 11.8. The van der Waals surface area contributed by atoms with Crippen LogP contribution in [0.1, 0.15) is 12.7 Å². The molecule has 0 aliphatic heterocycles. The van der Waals surface area contributed by atoms with Gasteiger partial charge in [-0.15, -0.1) is 0 Å². The maximum Gasteiger partial charge on any atom is 0.261 e. The summed E-state index contributed by atoms with van der Waals surface area (Å²) in [6.07, 6.45) is 0.936. The minimum absolute atomic E-state index is 0.223. The Balaban J connectivity index is 1.87. The molecule has 2 aromatic rings. The highest BCUT2D eigenvalue weighted by molar-refractivity contribution is 5.80. The molecule has 100 valence electrons. The SMILES string of the molecule is CC(Oc1ccccc1N)C(=O)NCc1ccco1. The molecule has 5 nitrogen and oxygen atoms in total. The summed E-state index contributed by atoms with van der Waals surface area (Å²) >= 11 is 0. The van der Waals surface area contributed by atoms with Crippen molar-refractivity contribution in [3.63, 3.8) is 0 Å². The van der Waals surface area contributed by atoms with Gasteiger partial charge in [0.05, 0.1) is 18.5 Å². The van der Waals surface area contributed by atoms with Crippen LogP contribution in [0.2, 0.25) is 0 Å². The molecule has 3 N–H and O–H groups in total. The summed E-state index contributed by atoms with van der Waals surface area (Å²) in [6, 6.07) is 10.6. The molecule has 19 heavy (non-hydrogen) atoms. The monoisotopic (exact) mass is 260 g/mol. The summed E-state index contributed by atoms with van der Waals surface area (Å²) in [5.41, 5.74) is 6.26. The van der Waals surface area contributed by atoms with Crippen molar-refractivity contribution in [3.05, 3.63) is 48.4 Å². The molecule has 1 aromatic carbocycles. The molecule has 0 aliphatic carbocycles. The molecule has 0 bridgehead atoms. The van der Waals surface area contributed by atoms with E-state index in [0.29, 0.717) is 23.7 Å². The van der Waals surface area contributed by atoms with E-state index in [0.717, 1.165) is 0 Å². The van der Waals surface area contributed by atoms with Gasteiger partial charge in [0.25, 0.3) is 5.91 Å². The van der Waals surface area contributed by atoms with Gasteiger partial charge in [-0.05, 0) is 31.2 Å². The van der Waals surface area contributed by atoms with Crippen LogP contribution in [0.4, 0.5) is 5.69 Å². The first-order chi connectivity index (χ1) is 9.16. The quantitative estimate of drug-likeness (QED) is 0.805. The highest BCUT2D eigenvalue weighted by Crippen LogP contribution is 2.21. The van der Waals surface area contributed by atoms with Crippen LogP contribution in [0.3, 0.4) is 0 Å². The molecule has 0 spiro atoms. The van der Waals surface area contributed by atoms with Gasteiger partial charge >= 0.3 is 0 Å². The van der Waals surface area contributed by atoms with Gasteiger partial charge in [-0.3, -0.25) is 4.79 Å². The Morgan fingerprint density at radius 1 is 1.37 bits per heavy atom. The lowest BCUT2D eigenvalue weighted by Gasteiger charge is -2.15. The zero-order valence-corrected chi connectivity index (χ0v) is 10.6. The molecule has 1 atom stereocenters. The van der Waals surface area contributed by atoms with Crippen molar-refractivity contribution < 1.29 is 13.9 Å². The molecule has 1 aromatic heterocycles. The Hall–Kier alpha value is -2.43. The Kier molecular flexibility index (Phi) is 4.07. The first-order valence-electron chi connectivity index (χ1n) is 5.98. The number of amides is 1. The van der Waals surface area contributed by atoms with Crippen LogP contribution < -0.4 is 15.8 Å². The van der Waals surface area contributed by atoms with Gasteiger partial charge in [0.2, 0.25) is 0 Å². The summed E-state index contributed by atoms with van der Waals surface area (Å²) in [6.45, 7) is 2.01. The van der Waals surface area contributed by atoms with E-state index < -0.39 is 6.10 Å². The number of nitrogen functional groups attached to an aromatic ring is 1. The fourth-order valence-electron chi connectivity index (χ4n) is 1.56. The van der Waals surface area contributed by atoms with Crippen molar-refractivity contribution in [2.24, 2.45) is 0 Å². The number of carbonyl (C=O) groups is 1. The van der Waals surface area contributed by atoms with Crippen molar-refractivity contribution in [2.75, 3.05) is 5.73 Å². The lowest BCUT2D eigenvalue weighted by atomic mass is 10.3. The van der Waals surface area contributed by atoms with E-state index in [1.807, 2.05) is 6.07 Å². The fraction of sp³-hybridized carbons (Fsp3) is 0.214. The van der Waals surface area contributed by atoms with Gasteiger partial charge < -0.3 is 20.2 Å². The standard InChI is InChI=1S/C14H16N2O3/c1-10(19-13-7-3-2-6-12(13)15)14(17)16-9-11-5-4-8-18-11/h2-8,10H,9,15H2,1H3,(H,16,17). The predicted molar refractivity (Wildman–Crippen MR) is 71.5 cm³/mol. The molecule has 0 saturated heterocycles. The second-order valence-corrected chi connectivity index (χ2v) is 4.10. The summed E-state index contributed by atoms with van der Waals surface area (Å²) < 4.78 is 10.6. The number of ether oxygens (including phenoxy) is 1. The number of hydrogen-bond donors (Lipinski definition) is 2. The van der Waals surface area contributed by atoms with E-state index in [2.05, 4.69) is 5.32 Å². The molecule has 0 saturated carbocycles. The topological polar surface area (TPSA) is 77.5 Å². The largest absolute Gasteiger partial charge is 0.479 e. The number of rotatable bonds is 5. The van der Waals surface area contributed by atoms with Crippen LogP contribution in [0.15, 0.2) is 47.1 Å². The molecule has 1 heterocycles. The number of nitrogens with one attached hydrogen (secondary N) is 1. The van der Waals surface area contributed by atoms with Gasteiger partial charge in [0.15, 0.2) is 6.10 Å². The van der Waals surface area contributed by atoms with Crippen LogP contribution >= 0.6 is 0 Å². The second kappa shape index (κ2) is 5.95. The molecule has 5 heteroatoms. The smallest absolute Gasteiger partial charge is 0.261 e. The van der Waals surface area contributed by atoms with Gasteiger partial charge in [-0.25, -0.2) is 0 Å². The number of hydrogen-bond acceptors (Lipinski definition) is 4. The Morgan fingerprint density at radius 2 is 2.16 bits per heavy atom. The minimum atomic E-state index is -0.625. The van der Waals surface area contributed by atoms with E-state index in [4.69, 9.17) is 14.9 Å². The van der Waals surface area contributed by atoms with Gasteiger partial charge in [0.1, 0.15) is 11.5 Å². The molecular formula is C14H16N2O3. The zero-order valence-electron chi connectivity index (χ0n) is 10.6. The van der Waals surface area contributed by atoms with Crippen molar-refractivity contribution in [1.29, 1.82) is 0 Å². The third-order valence-corrected chi connectivity index (χ3v) is 2.61. The van der Waals surface area contributed by atoms with E-state index in [9.17, 15) is 4.79 Å². The average molecular weight is 260 g/mol. The number of carbonyl (C=O) groups excluding carboxylic acids is 1. The molecule has 0 radical (unpaired) electrons. The number of anilines is 1. The first kappa shape index (κ1) is 13.0. The zero-order chi connectivity index (χ0) is 13.7. The van der Waals surface area contributed by atoms with E-state index in [-0.39, 0.29) is 5.91 Å². The average Bonchev–Trinajstić information content (AvgIpc) is 2.91. The van der Waals surface area contributed by atoms with Crippen LogP contribution in [-0.4, -0.2) is 12.0 Å². The summed E-state index contributed by atoms with van der Waals surface area (Å²) in [5.74, 6) is 0.975. The first-order valence-corrected chi connectivity index (χ1v) is 5.98. The lowest BCUT2D eigenvalue weighted by Crippen LogP contribution is -2.35. The van der Waals surface area contributed by atoms with Crippen LogP contribution in [-0.2, 0) is 11.3 Å². The number of nitrogens with two attached hydrogens (primary N) is 1. The normalized spacial score (nSPS) is 11.8. The molecule has 2 rings (SSSR count). The summed E-state index contributed by atoms with van der Waals surface area (Å²) in [7, 11) is 0. The third-order valence-electron chi connectivity index (χ3n) is 2.61. The highest BCUT2D eigenvalue weighted by Gasteiger charge is 2.15. The lowest BCUT2D eigenvalue weighted by molar-refractivity contribution is -0.127. The Labute approximate surface area is 111 Å². The number of para-hydroxylation sites is 2. The van der Waals surface area contributed by atoms with Crippen LogP contribution in [0.5, 0.6) is 5.75 Å². The summed E-state index contributed by atoms with van der Waals surface area (Å²) in [4.78, 5) is 11.8. The van der Waals surface area contributed by atoms with Gasteiger partial charge in [0, 0.05) is 0 Å². The Morgan fingerprint density at radius 3 is 2.84 bits per heavy atom. The van der Waals surface area contributed by atoms with Crippen molar-refractivity contribution in [3.8, 4) is 5.75 Å². The van der Waals surface area contributed by atoms with Crippen molar-refractivity contribution >= 4 is 11.6 Å². The number of benzene rings is 1. The summed E-state index contributed by atoms with van der Waals surface area (Å²) in [5, 5.41) is 2.73. The van der Waals surface area contributed by atoms with Crippen LogP contribution in [0, 0.1) is 0 Å². The molecule has 1 unspecified atom stereocenters. The van der Waals surface area contributed by atoms with Gasteiger partial charge in [-0.2, -0.15) is 0 Å². The van der Waals surface area contributed by atoms with E-state index >= 15 is 0 Å². The van der Waals surface area contributed by atoms with Gasteiger partial charge in [-0.1, -0.05) is 12.1 Å². The second-order valence-electron chi connectivity index (χ2n) is 4.10. The van der Waals surface area contributed by atoms with E-state index in [1.54, 1.807) is 43.5 Å². The van der Waals surface area contributed by atoms with Crippen molar-refractivity contribution in [2.45, 2.75) is 19.6 Å². The maximum absolute atomic E-state index is 11.8. The predicted octanol–water partition coefficient (Wildman–Crippen LogP) is 1.95. The van der Waals surface area contributed by atoms with Crippen LogP contribution in [0.25, 0.3) is 0 Å². The molecule has 1 amide bonds.